The first-order valence-electron chi connectivity index (χ1n) is 10.1. The number of imide groups is 1. The summed E-state index contributed by atoms with van der Waals surface area (Å²) in [6.45, 7) is 1.48. The lowest BCUT2D eigenvalue weighted by Gasteiger charge is -2.35. The molecule has 2 fully saturated rings. The van der Waals surface area contributed by atoms with Gasteiger partial charge in [-0.1, -0.05) is 24.3 Å². The molecule has 7 heteroatoms. The second-order valence-electron chi connectivity index (χ2n) is 7.99. The lowest BCUT2D eigenvalue weighted by molar-refractivity contribution is -0.129. The number of hydrogen-bond acceptors (Lipinski definition) is 6. The van der Waals surface area contributed by atoms with Crippen molar-refractivity contribution in [2.24, 2.45) is 11.8 Å². The van der Waals surface area contributed by atoms with Gasteiger partial charge in [0, 0.05) is 12.3 Å². The fourth-order valence-corrected chi connectivity index (χ4v) is 5.23. The Kier molecular flexibility index (Phi) is 4.36. The number of fused-ring (bicyclic) bond motifs is 5. The quantitative estimate of drug-likeness (QED) is 0.711. The normalized spacial score (nSPS) is 25.9. The highest BCUT2D eigenvalue weighted by Gasteiger charge is 2.64. The van der Waals surface area contributed by atoms with E-state index in [0.29, 0.717) is 17.2 Å². The zero-order valence-electron chi connectivity index (χ0n) is 17.4. The Morgan fingerprint density at radius 1 is 0.968 bits per heavy atom. The Morgan fingerprint density at radius 2 is 1.71 bits per heavy atom. The van der Waals surface area contributed by atoms with Gasteiger partial charge in [0.15, 0.2) is 5.78 Å². The van der Waals surface area contributed by atoms with E-state index in [4.69, 9.17) is 9.47 Å². The van der Waals surface area contributed by atoms with Gasteiger partial charge in [-0.25, -0.2) is 4.90 Å². The van der Waals surface area contributed by atoms with Gasteiger partial charge in [-0.2, -0.15) is 0 Å². The summed E-state index contributed by atoms with van der Waals surface area (Å²) < 4.78 is 10.7. The van der Waals surface area contributed by atoms with Crippen LogP contribution in [0.1, 0.15) is 24.1 Å². The maximum absolute atomic E-state index is 13.7. The molecule has 31 heavy (non-hydrogen) atoms. The van der Waals surface area contributed by atoms with Crippen LogP contribution in [-0.2, 0) is 14.4 Å². The number of anilines is 1. The smallest absolute Gasteiger partial charge is 0.240 e. The Morgan fingerprint density at radius 3 is 2.42 bits per heavy atom. The molecule has 0 unspecified atom stereocenters. The molecule has 0 radical (unpaired) electrons. The molecule has 4 atom stereocenters. The molecule has 2 aromatic carbocycles. The van der Waals surface area contributed by atoms with Gasteiger partial charge in [0.1, 0.15) is 11.5 Å². The molecule has 3 aliphatic heterocycles. The number of benzene rings is 2. The minimum atomic E-state index is -0.752. The summed E-state index contributed by atoms with van der Waals surface area (Å²) in [5.74, 6) is -1.32. The summed E-state index contributed by atoms with van der Waals surface area (Å²) >= 11 is 0. The standard InChI is InChI=1S/C24H22N2O5/c1-13(27)21-19-20(22-16-7-5-4-6-14(16)10-11-25(21)22)24(29)26(23(19)28)17-9-8-15(30-2)12-18(17)31-3/h4-12,19-22H,1-3H3/t19-,20+,21-,22-/m1/s1. The van der Waals surface area contributed by atoms with Crippen LogP contribution >= 0.6 is 0 Å². The number of ketones is 1. The third kappa shape index (κ3) is 2.62. The molecule has 2 saturated heterocycles. The molecule has 0 aliphatic carbocycles. The fraction of sp³-hybridized carbons (Fsp3) is 0.292. The molecule has 0 aromatic heterocycles. The maximum atomic E-state index is 13.7. The van der Waals surface area contributed by atoms with Crippen molar-refractivity contribution in [1.29, 1.82) is 0 Å². The van der Waals surface area contributed by atoms with Crippen molar-refractivity contribution in [3.05, 3.63) is 59.8 Å². The average Bonchev–Trinajstić information content (AvgIpc) is 3.26. The lowest BCUT2D eigenvalue weighted by Crippen LogP contribution is -2.43. The zero-order valence-corrected chi connectivity index (χ0v) is 17.4. The second kappa shape index (κ2) is 6.97. The van der Waals surface area contributed by atoms with Crippen LogP contribution in [0.15, 0.2) is 48.7 Å². The zero-order chi connectivity index (χ0) is 21.9. The van der Waals surface area contributed by atoms with Crippen LogP contribution in [-0.4, -0.2) is 42.8 Å². The van der Waals surface area contributed by atoms with Crippen LogP contribution in [0, 0.1) is 11.8 Å². The van der Waals surface area contributed by atoms with Gasteiger partial charge < -0.3 is 14.4 Å². The van der Waals surface area contributed by atoms with Crippen molar-refractivity contribution in [2.45, 2.75) is 19.0 Å². The van der Waals surface area contributed by atoms with Crippen LogP contribution in [0.4, 0.5) is 5.69 Å². The number of carbonyl (C=O) groups is 3. The van der Waals surface area contributed by atoms with Gasteiger partial charge in [-0.3, -0.25) is 14.4 Å². The molecule has 7 nitrogen and oxygen atoms in total. The Bertz CT molecular complexity index is 1140. The van der Waals surface area contributed by atoms with Gasteiger partial charge in [-0.15, -0.1) is 0 Å². The monoisotopic (exact) mass is 418 g/mol. The number of ether oxygens (including phenoxy) is 2. The molecule has 158 valence electrons. The molecule has 0 saturated carbocycles. The van der Waals surface area contributed by atoms with E-state index in [1.165, 1.54) is 26.0 Å². The van der Waals surface area contributed by atoms with Crippen molar-refractivity contribution in [2.75, 3.05) is 19.1 Å². The molecule has 0 spiro atoms. The highest BCUT2D eigenvalue weighted by atomic mass is 16.5. The fourth-order valence-electron chi connectivity index (χ4n) is 5.23. The van der Waals surface area contributed by atoms with Gasteiger partial charge in [0.05, 0.1) is 43.8 Å². The van der Waals surface area contributed by atoms with Crippen LogP contribution in [0.25, 0.3) is 6.08 Å². The molecule has 2 aromatic rings. The largest absolute Gasteiger partial charge is 0.497 e. The number of hydrogen-bond donors (Lipinski definition) is 0. The van der Waals surface area contributed by atoms with Crippen molar-refractivity contribution in [3.8, 4) is 11.5 Å². The number of rotatable bonds is 4. The first-order valence-corrected chi connectivity index (χ1v) is 10.1. The first kappa shape index (κ1) is 19.4. The van der Waals surface area contributed by atoms with Gasteiger partial charge in [-0.05, 0) is 36.3 Å². The summed E-state index contributed by atoms with van der Waals surface area (Å²) in [4.78, 5) is 43.0. The highest BCUT2D eigenvalue weighted by molar-refractivity contribution is 6.24. The van der Waals surface area contributed by atoms with E-state index in [1.807, 2.05) is 41.4 Å². The lowest BCUT2D eigenvalue weighted by atomic mass is 9.84. The Hall–Kier alpha value is -3.61. The van der Waals surface area contributed by atoms with E-state index >= 15 is 0 Å². The summed E-state index contributed by atoms with van der Waals surface area (Å²) in [6.07, 6.45) is 3.78. The van der Waals surface area contributed by atoms with Crippen molar-refractivity contribution < 1.29 is 23.9 Å². The van der Waals surface area contributed by atoms with Gasteiger partial charge in [0.2, 0.25) is 11.8 Å². The third-order valence-corrected chi connectivity index (χ3v) is 6.51. The first-order chi connectivity index (χ1) is 15.0. The van der Waals surface area contributed by atoms with Crippen LogP contribution in [0.3, 0.4) is 0 Å². The van der Waals surface area contributed by atoms with Crippen LogP contribution < -0.4 is 14.4 Å². The van der Waals surface area contributed by atoms with Crippen molar-refractivity contribution >= 4 is 29.4 Å². The Balaban J connectivity index is 1.64. The molecule has 0 N–H and O–H groups in total. The molecule has 3 aliphatic rings. The molecule has 5 rings (SSSR count). The average molecular weight is 418 g/mol. The van der Waals surface area contributed by atoms with E-state index in [0.717, 1.165) is 11.1 Å². The Labute approximate surface area is 179 Å². The summed E-state index contributed by atoms with van der Waals surface area (Å²) in [5.41, 5.74) is 2.31. The van der Waals surface area contributed by atoms with Gasteiger partial charge >= 0.3 is 0 Å². The SMILES string of the molecule is COc1ccc(N2C(=O)[C@@H]3[C@H](C2=O)[C@H]2c4ccccc4C=CN2[C@@H]3C(C)=O)c(OC)c1. The summed E-state index contributed by atoms with van der Waals surface area (Å²) in [5, 5.41) is 0. The van der Waals surface area contributed by atoms with E-state index < -0.39 is 17.9 Å². The van der Waals surface area contributed by atoms with E-state index in [9.17, 15) is 14.4 Å². The van der Waals surface area contributed by atoms with Crippen LogP contribution in [0.2, 0.25) is 0 Å². The molecule has 2 amide bonds. The predicted molar refractivity (Wildman–Crippen MR) is 114 cm³/mol. The number of amides is 2. The van der Waals surface area contributed by atoms with Gasteiger partial charge in [0.25, 0.3) is 0 Å². The van der Waals surface area contributed by atoms with E-state index in [1.54, 1.807) is 18.2 Å². The molecule has 3 heterocycles. The highest BCUT2D eigenvalue weighted by Crippen LogP contribution is 2.54. The van der Waals surface area contributed by atoms with E-state index in [-0.39, 0.29) is 23.6 Å². The second-order valence-corrected chi connectivity index (χ2v) is 7.99. The predicted octanol–water partition coefficient (Wildman–Crippen LogP) is 2.81. The topological polar surface area (TPSA) is 76.2 Å². The molecular weight excluding hydrogens is 396 g/mol. The molecule has 0 bridgehead atoms. The maximum Gasteiger partial charge on any atom is 0.240 e. The minimum Gasteiger partial charge on any atom is -0.497 e. The molecular formula is C24H22N2O5. The number of nitrogens with zero attached hydrogens (tertiary/aromatic N) is 2. The van der Waals surface area contributed by atoms with Crippen molar-refractivity contribution in [3.63, 3.8) is 0 Å². The summed E-state index contributed by atoms with van der Waals surface area (Å²) in [6, 6.07) is 11.7. The summed E-state index contributed by atoms with van der Waals surface area (Å²) in [7, 11) is 3.01. The third-order valence-electron chi connectivity index (χ3n) is 6.51. The number of carbonyl (C=O) groups excluding carboxylic acids is 3. The number of Topliss-reactive ketones (excluding diaryl/α,β-unsaturated/α-hetero) is 1. The van der Waals surface area contributed by atoms with E-state index in [2.05, 4.69) is 0 Å². The minimum absolute atomic E-state index is 0.133. The number of methoxy groups -OCH3 is 2. The van der Waals surface area contributed by atoms with Crippen molar-refractivity contribution in [1.82, 2.24) is 4.90 Å². The van der Waals surface area contributed by atoms with Crippen LogP contribution in [0.5, 0.6) is 11.5 Å².